The molecule has 1 aliphatic heterocycles. The van der Waals surface area contributed by atoms with Crippen molar-refractivity contribution in [3.63, 3.8) is 0 Å². The largest absolute Gasteiger partial charge is 0.465 e. The summed E-state index contributed by atoms with van der Waals surface area (Å²) < 4.78 is 42.9. The van der Waals surface area contributed by atoms with Gasteiger partial charge < -0.3 is 37.9 Å². The Hall–Kier alpha value is -3.79. The Balaban J connectivity index is 4.09. The lowest BCUT2D eigenvalue weighted by molar-refractivity contribution is -0.313. The summed E-state index contributed by atoms with van der Waals surface area (Å²) >= 11 is 0. The number of rotatable bonds is 10. The van der Waals surface area contributed by atoms with Gasteiger partial charge in [-0.3, -0.25) is 24.0 Å². The lowest BCUT2D eigenvalue weighted by Gasteiger charge is -2.50. The van der Waals surface area contributed by atoms with Crippen molar-refractivity contribution in [1.29, 1.82) is 0 Å². The van der Waals surface area contributed by atoms with Crippen molar-refractivity contribution < 1.29 is 71.5 Å². The van der Waals surface area contributed by atoms with Crippen LogP contribution in [0.3, 0.4) is 0 Å². The van der Waals surface area contributed by atoms with Gasteiger partial charge in [-0.1, -0.05) is 0 Å². The van der Waals surface area contributed by atoms with Crippen LogP contribution in [0, 0.1) is 0 Å². The number of nitrogens with zero attached hydrogens (tertiary/aromatic N) is 1. The van der Waals surface area contributed by atoms with Crippen LogP contribution in [0.2, 0.25) is 0 Å². The normalized spacial score (nSPS) is 23.3. The molecule has 0 spiro atoms. The van der Waals surface area contributed by atoms with Gasteiger partial charge in [0.05, 0.1) is 13.5 Å². The van der Waals surface area contributed by atoms with E-state index in [1.165, 1.54) is 20.8 Å². The average Bonchev–Trinajstić information content (AvgIpc) is 2.83. The maximum Gasteiger partial charge on any atom is 0.417 e. The van der Waals surface area contributed by atoms with Crippen LogP contribution >= 0.6 is 0 Å². The molecule has 0 aromatic carbocycles. The molecular weight excluding hydrogens is 566 g/mol. The van der Waals surface area contributed by atoms with Crippen LogP contribution in [0.4, 0.5) is 4.79 Å². The maximum atomic E-state index is 13.4. The van der Waals surface area contributed by atoms with Crippen molar-refractivity contribution in [1.82, 2.24) is 4.90 Å². The molecule has 16 heteroatoms. The van der Waals surface area contributed by atoms with Gasteiger partial charge in [0.25, 0.3) is 5.79 Å². The second kappa shape index (κ2) is 14.9. The fourth-order valence-electron chi connectivity index (χ4n) is 4.26. The second-order valence-corrected chi connectivity index (χ2v) is 10.3. The van der Waals surface area contributed by atoms with Gasteiger partial charge in [-0.15, -0.1) is 0 Å². The van der Waals surface area contributed by atoms with E-state index in [0.717, 1.165) is 48.8 Å². The molecule has 1 rings (SSSR count). The molecule has 0 N–H and O–H groups in total. The molecule has 0 unspecified atom stereocenters. The van der Waals surface area contributed by atoms with Crippen molar-refractivity contribution in [3.05, 3.63) is 0 Å². The zero-order valence-electron chi connectivity index (χ0n) is 25.4. The van der Waals surface area contributed by atoms with Crippen molar-refractivity contribution in [2.24, 2.45) is 0 Å². The number of carbonyl (C=O) groups is 7. The summed E-state index contributed by atoms with van der Waals surface area (Å²) in [5.41, 5.74) is -1.11. The quantitative estimate of drug-likeness (QED) is 0.250. The molecule has 1 saturated heterocycles. The Kier molecular flexibility index (Phi) is 12.9. The number of carbonyl (C=O) groups excluding carboxylic acids is 7. The number of amides is 2. The first kappa shape index (κ1) is 36.2. The summed E-state index contributed by atoms with van der Waals surface area (Å²) in [6, 6.07) is -1.69. The molecule has 0 aromatic heterocycles. The predicted octanol–water partition coefficient (Wildman–Crippen LogP) is 0.801. The van der Waals surface area contributed by atoms with Crippen LogP contribution in [-0.4, -0.2) is 109 Å². The molecule has 0 radical (unpaired) electrons. The van der Waals surface area contributed by atoms with Gasteiger partial charge >= 0.3 is 35.9 Å². The molecule has 0 saturated carbocycles. The lowest BCUT2D eigenvalue weighted by Crippen LogP contribution is -2.70. The third-order valence-electron chi connectivity index (χ3n) is 5.65. The molecule has 42 heavy (non-hydrogen) atoms. The first-order chi connectivity index (χ1) is 19.3. The highest BCUT2D eigenvalue weighted by atomic mass is 16.7. The lowest BCUT2D eigenvalue weighted by atomic mass is 9.87. The Bertz CT molecular complexity index is 1050. The smallest absolute Gasteiger partial charge is 0.417 e. The van der Waals surface area contributed by atoms with Gasteiger partial charge in [0.1, 0.15) is 30.5 Å². The van der Waals surface area contributed by atoms with Gasteiger partial charge in [-0.2, -0.15) is 0 Å². The summed E-state index contributed by atoms with van der Waals surface area (Å²) in [5.74, 6) is -7.97. The van der Waals surface area contributed by atoms with Crippen LogP contribution in [0.5, 0.6) is 0 Å². The fourth-order valence-corrected chi connectivity index (χ4v) is 4.26. The third-order valence-corrected chi connectivity index (χ3v) is 5.65. The molecule has 1 fully saturated rings. The van der Waals surface area contributed by atoms with Crippen molar-refractivity contribution in [3.8, 4) is 0 Å². The van der Waals surface area contributed by atoms with E-state index < -0.39 is 96.7 Å². The highest BCUT2D eigenvalue weighted by Crippen LogP contribution is 2.39. The minimum atomic E-state index is -2.35. The van der Waals surface area contributed by atoms with Gasteiger partial charge in [0.15, 0.2) is 12.2 Å². The Morgan fingerprint density at radius 3 is 1.86 bits per heavy atom. The van der Waals surface area contributed by atoms with E-state index >= 15 is 0 Å². The standard InChI is InChI=1S/C26H39NO15/c1-13(28)27(24(34)42-25(6,7)8)20-18(38-15(3)30)11-26(36-10,23(33)35-9)41-22(20)21(40-17(5)32)19(39-16(4)31)12-37-14(2)29/h18-22H,11-12H2,1-10H3/t18-,19+,20+,21+,22+,26+/m0/s1. The monoisotopic (exact) mass is 605 g/mol. The third kappa shape index (κ3) is 9.94. The minimum Gasteiger partial charge on any atom is -0.465 e. The molecule has 0 aromatic rings. The number of esters is 5. The van der Waals surface area contributed by atoms with E-state index in [4.69, 9.17) is 37.9 Å². The first-order valence-corrected chi connectivity index (χ1v) is 12.8. The van der Waals surface area contributed by atoms with E-state index in [2.05, 4.69) is 0 Å². The number of imide groups is 1. The van der Waals surface area contributed by atoms with Crippen molar-refractivity contribution in [2.45, 2.75) is 104 Å². The predicted molar refractivity (Wildman–Crippen MR) is 137 cm³/mol. The van der Waals surface area contributed by atoms with E-state index in [1.807, 2.05) is 0 Å². The number of hydrogen-bond donors (Lipinski definition) is 0. The van der Waals surface area contributed by atoms with Gasteiger partial charge in [0, 0.05) is 41.7 Å². The van der Waals surface area contributed by atoms with Crippen LogP contribution in [0.25, 0.3) is 0 Å². The first-order valence-electron chi connectivity index (χ1n) is 12.8. The van der Waals surface area contributed by atoms with Gasteiger partial charge in [0.2, 0.25) is 5.91 Å². The zero-order valence-corrected chi connectivity index (χ0v) is 25.4. The number of hydrogen-bond acceptors (Lipinski definition) is 15. The number of ether oxygens (including phenoxy) is 8. The minimum absolute atomic E-state index is 0.563. The Labute approximate surface area is 243 Å². The maximum absolute atomic E-state index is 13.4. The molecule has 2 amide bonds. The van der Waals surface area contributed by atoms with Gasteiger partial charge in [-0.05, 0) is 20.8 Å². The molecule has 0 aliphatic carbocycles. The molecule has 16 nitrogen and oxygen atoms in total. The average molecular weight is 606 g/mol. The zero-order chi connectivity index (χ0) is 32.6. The highest BCUT2D eigenvalue weighted by Gasteiger charge is 2.61. The van der Waals surface area contributed by atoms with Crippen LogP contribution in [0.15, 0.2) is 0 Å². The molecule has 1 heterocycles. The summed E-state index contributed by atoms with van der Waals surface area (Å²) in [6.07, 6.45) is -8.67. The molecule has 6 atom stereocenters. The topological polar surface area (TPSA) is 197 Å². The van der Waals surface area contributed by atoms with E-state index in [9.17, 15) is 33.6 Å². The van der Waals surface area contributed by atoms with Crippen molar-refractivity contribution in [2.75, 3.05) is 20.8 Å². The van der Waals surface area contributed by atoms with E-state index in [1.54, 1.807) is 0 Å². The fraction of sp³-hybridized carbons (Fsp3) is 0.731. The van der Waals surface area contributed by atoms with E-state index in [-0.39, 0.29) is 0 Å². The summed E-state index contributed by atoms with van der Waals surface area (Å²) in [5, 5.41) is 0. The molecule has 1 aliphatic rings. The molecule has 238 valence electrons. The molecular formula is C26H39NO15. The van der Waals surface area contributed by atoms with Gasteiger partial charge in [-0.25, -0.2) is 14.5 Å². The highest BCUT2D eigenvalue weighted by molar-refractivity contribution is 5.91. The molecule has 0 bridgehead atoms. The summed E-state index contributed by atoms with van der Waals surface area (Å²) in [6.45, 7) is 9.02. The van der Waals surface area contributed by atoms with Crippen LogP contribution in [-0.2, 0) is 66.7 Å². The second-order valence-electron chi connectivity index (χ2n) is 10.3. The SMILES string of the molecule is COC(=O)[C@@]1(OC)C[C@H](OC(C)=O)[C@@H](N(C(C)=O)C(=O)OC(C)(C)C)[C@H]([C@H](OC(C)=O)[C@@H](COC(C)=O)OC(C)=O)O1. The Morgan fingerprint density at radius 2 is 1.45 bits per heavy atom. The summed E-state index contributed by atoms with van der Waals surface area (Å²) in [7, 11) is 2.09. The van der Waals surface area contributed by atoms with Crippen LogP contribution < -0.4 is 0 Å². The number of methoxy groups -OCH3 is 2. The van der Waals surface area contributed by atoms with Crippen molar-refractivity contribution >= 4 is 41.8 Å². The summed E-state index contributed by atoms with van der Waals surface area (Å²) in [4.78, 5) is 88.2. The van der Waals surface area contributed by atoms with Crippen LogP contribution in [0.1, 0.15) is 61.8 Å². The van der Waals surface area contributed by atoms with E-state index in [0.29, 0.717) is 4.90 Å². The Morgan fingerprint density at radius 1 is 0.881 bits per heavy atom.